The summed E-state index contributed by atoms with van der Waals surface area (Å²) in [5.41, 5.74) is 6.42. The second kappa shape index (κ2) is 7.02. The summed E-state index contributed by atoms with van der Waals surface area (Å²) < 4.78 is 27.5. The molecule has 114 valence electrons. The van der Waals surface area contributed by atoms with E-state index in [4.69, 9.17) is 5.73 Å². The molecule has 0 aliphatic heterocycles. The number of nitrogens with two attached hydrogens (primary N) is 1. The molecule has 1 aliphatic carbocycles. The molecule has 0 amide bonds. The zero-order valence-electron chi connectivity index (χ0n) is 12.0. The molecule has 1 heterocycles. The van der Waals surface area contributed by atoms with Gasteiger partial charge in [-0.05, 0) is 30.2 Å². The average molecular weight is 316 g/mol. The topological polar surface area (TPSA) is 72.2 Å². The summed E-state index contributed by atoms with van der Waals surface area (Å²) in [4.78, 5) is 1.14. The van der Waals surface area contributed by atoms with Gasteiger partial charge in [-0.3, -0.25) is 0 Å². The van der Waals surface area contributed by atoms with Gasteiger partial charge < -0.3 is 5.73 Å². The molecule has 6 heteroatoms. The number of hydrogen-bond acceptors (Lipinski definition) is 4. The van der Waals surface area contributed by atoms with Crippen molar-refractivity contribution in [3.8, 4) is 0 Å². The van der Waals surface area contributed by atoms with Gasteiger partial charge in [0.25, 0.3) is 0 Å². The third-order valence-electron chi connectivity index (χ3n) is 4.01. The van der Waals surface area contributed by atoms with Crippen molar-refractivity contribution in [1.82, 2.24) is 4.72 Å². The number of nitrogens with one attached hydrogen (secondary N) is 1. The smallest absolute Gasteiger partial charge is 0.241 e. The molecule has 0 atom stereocenters. The van der Waals surface area contributed by atoms with Crippen LogP contribution in [0.25, 0.3) is 0 Å². The second-order valence-electron chi connectivity index (χ2n) is 5.57. The predicted molar refractivity (Wildman–Crippen MR) is 83.3 cm³/mol. The van der Waals surface area contributed by atoms with Crippen molar-refractivity contribution in [3.05, 3.63) is 15.8 Å². The fourth-order valence-electron chi connectivity index (χ4n) is 2.93. The molecule has 3 N–H and O–H groups in total. The molecule has 1 aromatic heterocycles. The third-order valence-corrected chi connectivity index (χ3v) is 6.96. The molecular formula is C14H24N2O2S2. The molecule has 1 fully saturated rings. The number of thiophene rings is 1. The largest absolute Gasteiger partial charge is 0.326 e. The first-order chi connectivity index (χ1) is 9.54. The summed E-state index contributed by atoms with van der Waals surface area (Å²) in [6.45, 7) is 2.63. The fraction of sp³-hybridized carbons (Fsp3) is 0.714. The molecule has 1 aromatic rings. The molecule has 20 heavy (non-hydrogen) atoms. The van der Waals surface area contributed by atoms with Crippen LogP contribution in [0.3, 0.4) is 0 Å². The first-order valence-corrected chi connectivity index (χ1v) is 9.67. The maximum absolute atomic E-state index is 12.4. The van der Waals surface area contributed by atoms with Crippen LogP contribution in [0.15, 0.2) is 10.3 Å². The number of hydrogen-bond donors (Lipinski definition) is 2. The lowest BCUT2D eigenvalue weighted by Gasteiger charge is -2.21. The molecule has 0 unspecified atom stereocenters. The molecular weight excluding hydrogens is 292 g/mol. The van der Waals surface area contributed by atoms with Crippen LogP contribution in [-0.2, 0) is 16.6 Å². The van der Waals surface area contributed by atoms with Crippen molar-refractivity contribution in [2.24, 2.45) is 11.7 Å². The van der Waals surface area contributed by atoms with Crippen LogP contribution in [0.2, 0.25) is 0 Å². The van der Waals surface area contributed by atoms with Gasteiger partial charge in [0.15, 0.2) is 0 Å². The van der Waals surface area contributed by atoms with E-state index in [1.807, 2.05) is 12.3 Å². The molecule has 0 radical (unpaired) electrons. The summed E-state index contributed by atoms with van der Waals surface area (Å²) >= 11 is 1.42. The number of rotatable bonds is 6. The fourth-order valence-corrected chi connectivity index (χ4v) is 5.68. The van der Waals surface area contributed by atoms with E-state index in [1.54, 1.807) is 0 Å². The van der Waals surface area contributed by atoms with Gasteiger partial charge in [-0.2, -0.15) is 0 Å². The normalized spacial score (nSPS) is 17.5. The van der Waals surface area contributed by atoms with E-state index < -0.39 is 10.0 Å². The Balaban J connectivity index is 1.95. The van der Waals surface area contributed by atoms with E-state index >= 15 is 0 Å². The Morgan fingerprint density at radius 1 is 1.35 bits per heavy atom. The maximum atomic E-state index is 12.4. The minimum atomic E-state index is -3.41. The van der Waals surface area contributed by atoms with Gasteiger partial charge in [0.05, 0.1) is 0 Å². The van der Waals surface area contributed by atoms with Crippen molar-refractivity contribution in [3.63, 3.8) is 0 Å². The van der Waals surface area contributed by atoms with Gasteiger partial charge in [-0.25, -0.2) is 13.1 Å². The lowest BCUT2D eigenvalue weighted by molar-refractivity contribution is 0.339. The van der Waals surface area contributed by atoms with Gasteiger partial charge in [0.1, 0.15) is 4.90 Å². The average Bonchev–Trinajstić information content (AvgIpc) is 2.81. The van der Waals surface area contributed by atoms with Crippen LogP contribution in [0.1, 0.15) is 49.0 Å². The molecule has 0 spiro atoms. The van der Waals surface area contributed by atoms with Crippen LogP contribution in [-0.4, -0.2) is 15.0 Å². The van der Waals surface area contributed by atoms with Crippen molar-refractivity contribution in [2.45, 2.75) is 56.9 Å². The summed E-state index contributed by atoms with van der Waals surface area (Å²) in [6, 6.07) is 0. The highest BCUT2D eigenvalue weighted by Crippen LogP contribution is 2.28. The van der Waals surface area contributed by atoms with E-state index in [0.717, 1.165) is 16.9 Å². The predicted octanol–water partition coefficient (Wildman–Crippen LogP) is 2.76. The maximum Gasteiger partial charge on any atom is 0.241 e. The molecule has 1 aliphatic rings. The molecule has 2 rings (SSSR count). The van der Waals surface area contributed by atoms with Crippen molar-refractivity contribution in [2.75, 3.05) is 6.54 Å². The summed E-state index contributed by atoms with van der Waals surface area (Å²) in [5.74, 6) is 0.684. The van der Waals surface area contributed by atoms with Gasteiger partial charge >= 0.3 is 0 Å². The Labute approximate surface area is 125 Å². The van der Waals surface area contributed by atoms with E-state index in [2.05, 4.69) is 4.72 Å². The Kier molecular flexibility index (Phi) is 5.60. The van der Waals surface area contributed by atoms with Crippen LogP contribution < -0.4 is 10.5 Å². The van der Waals surface area contributed by atoms with Crippen molar-refractivity contribution < 1.29 is 8.42 Å². The first-order valence-electron chi connectivity index (χ1n) is 7.31. The molecule has 0 saturated heterocycles. The van der Waals surface area contributed by atoms with Crippen LogP contribution in [0.4, 0.5) is 0 Å². The molecule has 0 aromatic carbocycles. The zero-order chi connectivity index (χ0) is 14.6. The van der Waals surface area contributed by atoms with Crippen LogP contribution in [0, 0.1) is 12.8 Å². The molecule has 1 saturated carbocycles. The first kappa shape index (κ1) is 15.9. The van der Waals surface area contributed by atoms with Gasteiger partial charge in [-0.15, -0.1) is 11.3 Å². The molecule has 0 bridgehead atoms. The lowest BCUT2D eigenvalue weighted by Crippen LogP contribution is -2.27. The van der Waals surface area contributed by atoms with Crippen LogP contribution in [0.5, 0.6) is 0 Å². The Morgan fingerprint density at radius 2 is 2.05 bits per heavy atom. The highest BCUT2D eigenvalue weighted by Gasteiger charge is 2.22. The minimum Gasteiger partial charge on any atom is -0.326 e. The highest BCUT2D eigenvalue weighted by molar-refractivity contribution is 7.89. The van der Waals surface area contributed by atoms with Crippen molar-refractivity contribution in [1.29, 1.82) is 0 Å². The molecule has 4 nitrogen and oxygen atoms in total. The summed E-state index contributed by atoms with van der Waals surface area (Å²) in [5, 5.41) is 1.86. The summed E-state index contributed by atoms with van der Waals surface area (Å²) in [6.07, 6.45) is 7.34. The zero-order valence-corrected chi connectivity index (χ0v) is 13.7. The Hall–Kier alpha value is -0.430. The quantitative estimate of drug-likeness (QED) is 0.847. The second-order valence-corrected chi connectivity index (χ2v) is 8.23. The Bertz CT molecular complexity index is 531. The Morgan fingerprint density at radius 3 is 2.70 bits per heavy atom. The van der Waals surface area contributed by atoms with E-state index in [-0.39, 0.29) is 6.54 Å². The lowest BCUT2D eigenvalue weighted by atomic mass is 9.87. The van der Waals surface area contributed by atoms with Gasteiger partial charge in [-0.1, -0.05) is 32.1 Å². The summed E-state index contributed by atoms with van der Waals surface area (Å²) in [7, 11) is -3.41. The number of aryl methyl sites for hydroxylation is 1. The third kappa shape index (κ3) is 3.81. The minimum absolute atomic E-state index is 0.275. The van der Waals surface area contributed by atoms with E-state index in [0.29, 0.717) is 17.4 Å². The highest BCUT2D eigenvalue weighted by atomic mass is 32.2. The van der Waals surface area contributed by atoms with Gasteiger partial charge in [0, 0.05) is 18.0 Å². The van der Waals surface area contributed by atoms with Gasteiger partial charge in [0.2, 0.25) is 10.0 Å². The van der Waals surface area contributed by atoms with Crippen LogP contribution >= 0.6 is 11.3 Å². The van der Waals surface area contributed by atoms with Crippen molar-refractivity contribution >= 4 is 21.4 Å². The van der Waals surface area contributed by atoms with E-state index in [9.17, 15) is 8.42 Å². The standard InChI is InChI=1S/C14H24N2O2S2/c1-11-10-19-13(9-15)14(11)20(17,18)16-8-7-12-5-3-2-4-6-12/h10,12,16H,2-9,15H2,1H3. The monoisotopic (exact) mass is 316 g/mol. The van der Waals surface area contributed by atoms with E-state index in [1.165, 1.54) is 43.4 Å². The SMILES string of the molecule is Cc1csc(CN)c1S(=O)(=O)NCCC1CCCCC1. The number of sulfonamides is 1.